The minimum absolute atomic E-state index is 0.0535. The molecule has 1 aliphatic rings. The van der Waals surface area contributed by atoms with Gasteiger partial charge in [-0.25, -0.2) is 4.98 Å². The number of pyridine rings is 1. The van der Waals surface area contributed by atoms with Crippen molar-refractivity contribution in [3.05, 3.63) is 46.2 Å². The third kappa shape index (κ3) is 2.99. The Balaban J connectivity index is 1.74. The van der Waals surface area contributed by atoms with Crippen LogP contribution in [0.3, 0.4) is 0 Å². The van der Waals surface area contributed by atoms with Crippen molar-refractivity contribution in [2.24, 2.45) is 5.73 Å². The smallest absolute Gasteiger partial charge is 0.260 e. The van der Waals surface area contributed by atoms with E-state index in [0.717, 1.165) is 30.0 Å². The summed E-state index contributed by atoms with van der Waals surface area (Å²) in [6.07, 6.45) is 7.02. The number of nitrogens with zero attached hydrogens (tertiary/aromatic N) is 3. The summed E-state index contributed by atoms with van der Waals surface area (Å²) in [6, 6.07) is 3.66. The maximum atomic E-state index is 12.5. The van der Waals surface area contributed by atoms with E-state index < -0.39 is 5.91 Å². The molecule has 2 aromatic rings. The summed E-state index contributed by atoms with van der Waals surface area (Å²) in [5, 5.41) is 0.783. The number of carbonyl (C=O) groups excluding carboxylic acids is 2. The van der Waals surface area contributed by atoms with E-state index in [1.807, 2.05) is 17.0 Å². The molecule has 2 N–H and O–H groups in total. The summed E-state index contributed by atoms with van der Waals surface area (Å²) < 4.78 is 0. The Kier molecular flexibility index (Phi) is 4.15. The van der Waals surface area contributed by atoms with Gasteiger partial charge in [0.2, 0.25) is 5.91 Å². The first-order chi connectivity index (χ1) is 10.6. The lowest BCUT2D eigenvalue weighted by Gasteiger charge is -2.23. The molecular weight excluding hydrogens is 300 g/mol. The number of aromatic nitrogens is 2. The highest BCUT2D eigenvalue weighted by atomic mass is 32.1. The number of amides is 2. The molecule has 22 heavy (non-hydrogen) atoms. The van der Waals surface area contributed by atoms with E-state index in [0.29, 0.717) is 11.3 Å². The second-order valence-corrected chi connectivity index (χ2v) is 6.27. The number of hydrogen-bond donors (Lipinski definition) is 1. The summed E-state index contributed by atoms with van der Waals surface area (Å²) >= 11 is 1.27. The maximum absolute atomic E-state index is 12.5. The molecule has 0 aromatic carbocycles. The van der Waals surface area contributed by atoms with Gasteiger partial charge in [-0.3, -0.25) is 14.6 Å². The Hall–Kier alpha value is -2.28. The van der Waals surface area contributed by atoms with Crippen molar-refractivity contribution in [1.82, 2.24) is 14.9 Å². The van der Waals surface area contributed by atoms with Crippen LogP contribution < -0.4 is 5.73 Å². The second kappa shape index (κ2) is 6.23. The van der Waals surface area contributed by atoms with Crippen LogP contribution in [0.5, 0.6) is 0 Å². The molecule has 1 unspecified atom stereocenters. The van der Waals surface area contributed by atoms with Crippen LogP contribution in [0, 0.1) is 0 Å². The van der Waals surface area contributed by atoms with Gasteiger partial charge in [0.15, 0.2) is 0 Å². The Morgan fingerprint density at radius 3 is 2.95 bits per heavy atom. The third-order valence-corrected chi connectivity index (χ3v) is 4.82. The molecule has 114 valence electrons. The third-order valence-electron chi connectivity index (χ3n) is 3.70. The highest BCUT2D eigenvalue weighted by Gasteiger charge is 2.32. The van der Waals surface area contributed by atoms with Gasteiger partial charge >= 0.3 is 0 Å². The van der Waals surface area contributed by atoms with Crippen molar-refractivity contribution < 1.29 is 9.59 Å². The maximum Gasteiger partial charge on any atom is 0.260 e. The fourth-order valence-electron chi connectivity index (χ4n) is 2.66. The van der Waals surface area contributed by atoms with Gasteiger partial charge in [-0.05, 0) is 24.5 Å². The topological polar surface area (TPSA) is 89.2 Å². The highest BCUT2D eigenvalue weighted by molar-refractivity contribution is 7.13. The van der Waals surface area contributed by atoms with Crippen LogP contribution in [-0.2, 0) is 11.2 Å². The van der Waals surface area contributed by atoms with E-state index in [1.165, 1.54) is 17.5 Å². The first-order valence-corrected chi connectivity index (χ1v) is 7.90. The van der Waals surface area contributed by atoms with Crippen LogP contribution in [0.2, 0.25) is 0 Å². The van der Waals surface area contributed by atoms with E-state index in [2.05, 4.69) is 9.97 Å². The Morgan fingerprint density at radius 1 is 1.41 bits per heavy atom. The van der Waals surface area contributed by atoms with E-state index in [4.69, 9.17) is 5.73 Å². The van der Waals surface area contributed by atoms with E-state index >= 15 is 0 Å². The average molecular weight is 316 g/mol. The molecule has 3 rings (SSSR count). The van der Waals surface area contributed by atoms with Crippen molar-refractivity contribution >= 4 is 23.2 Å². The number of likely N-dealkylation sites (tertiary alicyclic amines) is 1. The lowest BCUT2D eigenvalue weighted by Crippen LogP contribution is -2.31. The summed E-state index contributed by atoms with van der Waals surface area (Å²) in [6.45, 7) is 0.718. The molecule has 3 heterocycles. The number of nitrogens with two attached hydrogens (primary N) is 1. The molecule has 1 saturated heterocycles. The molecule has 6 nitrogen and oxygen atoms in total. The van der Waals surface area contributed by atoms with Gasteiger partial charge in [0, 0.05) is 18.9 Å². The van der Waals surface area contributed by atoms with Crippen molar-refractivity contribution in [2.75, 3.05) is 6.54 Å². The van der Waals surface area contributed by atoms with Crippen LogP contribution in [0.1, 0.15) is 39.1 Å². The summed E-state index contributed by atoms with van der Waals surface area (Å²) in [4.78, 5) is 34.3. The van der Waals surface area contributed by atoms with Crippen molar-refractivity contribution in [2.45, 2.75) is 25.3 Å². The van der Waals surface area contributed by atoms with Gasteiger partial charge in [-0.1, -0.05) is 6.07 Å². The van der Waals surface area contributed by atoms with Crippen LogP contribution in [0.25, 0.3) is 0 Å². The molecule has 0 radical (unpaired) electrons. The van der Waals surface area contributed by atoms with Gasteiger partial charge in [0.05, 0.1) is 18.7 Å². The lowest BCUT2D eigenvalue weighted by molar-refractivity contribution is -0.131. The standard InChI is InChI=1S/C15H16N4O2S/c16-14(21)12-9-18-15(22-12)11-4-2-6-19(11)13(20)7-10-3-1-5-17-8-10/h1,3,5,8-9,11H,2,4,6-7H2,(H2,16,21). The Bertz CT molecular complexity index is 686. The monoisotopic (exact) mass is 316 g/mol. The van der Waals surface area contributed by atoms with E-state index in [9.17, 15) is 9.59 Å². The minimum atomic E-state index is -0.477. The second-order valence-electron chi connectivity index (χ2n) is 5.21. The number of thiazole rings is 1. The molecule has 0 aliphatic carbocycles. The zero-order valence-electron chi connectivity index (χ0n) is 11.9. The van der Waals surface area contributed by atoms with E-state index in [-0.39, 0.29) is 11.9 Å². The largest absolute Gasteiger partial charge is 0.365 e. The average Bonchev–Trinajstić information content (AvgIpc) is 3.17. The zero-order chi connectivity index (χ0) is 15.5. The normalized spacial score (nSPS) is 17.6. The lowest BCUT2D eigenvalue weighted by atomic mass is 10.2. The molecule has 2 aromatic heterocycles. The Labute approximate surface area is 132 Å². The fraction of sp³-hybridized carbons (Fsp3) is 0.333. The molecular formula is C15H16N4O2S. The van der Waals surface area contributed by atoms with Gasteiger partial charge in [0.25, 0.3) is 5.91 Å². The Morgan fingerprint density at radius 2 is 2.27 bits per heavy atom. The molecule has 1 atom stereocenters. The fourth-order valence-corrected chi connectivity index (χ4v) is 3.57. The minimum Gasteiger partial charge on any atom is -0.365 e. The molecule has 0 bridgehead atoms. The SMILES string of the molecule is NC(=O)c1cnc(C2CCCN2C(=O)Cc2cccnc2)s1. The van der Waals surface area contributed by atoms with Gasteiger partial charge in [0.1, 0.15) is 9.88 Å². The molecule has 1 aliphatic heterocycles. The van der Waals surface area contributed by atoms with Crippen LogP contribution in [0.4, 0.5) is 0 Å². The summed E-state index contributed by atoms with van der Waals surface area (Å²) in [7, 11) is 0. The quantitative estimate of drug-likeness (QED) is 0.926. The number of carbonyl (C=O) groups is 2. The molecule has 0 spiro atoms. The van der Waals surface area contributed by atoms with Gasteiger partial charge in [-0.15, -0.1) is 11.3 Å². The predicted octanol–water partition coefficient (Wildman–Crippen LogP) is 1.54. The van der Waals surface area contributed by atoms with Gasteiger partial charge in [-0.2, -0.15) is 0 Å². The first-order valence-electron chi connectivity index (χ1n) is 7.09. The van der Waals surface area contributed by atoms with Crippen LogP contribution in [-0.4, -0.2) is 33.2 Å². The molecule has 0 saturated carbocycles. The van der Waals surface area contributed by atoms with Gasteiger partial charge < -0.3 is 10.6 Å². The van der Waals surface area contributed by atoms with Crippen molar-refractivity contribution in [3.8, 4) is 0 Å². The number of rotatable bonds is 4. The highest BCUT2D eigenvalue weighted by Crippen LogP contribution is 2.34. The molecule has 7 heteroatoms. The number of primary amides is 1. The predicted molar refractivity (Wildman–Crippen MR) is 82.3 cm³/mol. The first kappa shape index (κ1) is 14.6. The van der Waals surface area contributed by atoms with Crippen LogP contribution >= 0.6 is 11.3 Å². The zero-order valence-corrected chi connectivity index (χ0v) is 12.8. The number of hydrogen-bond acceptors (Lipinski definition) is 5. The summed E-state index contributed by atoms with van der Waals surface area (Å²) in [5.74, 6) is -0.415. The van der Waals surface area contributed by atoms with Crippen molar-refractivity contribution in [3.63, 3.8) is 0 Å². The van der Waals surface area contributed by atoms with Crippen molar-refractivity contribution in [1.29, 1.82) is 0 Å². The van der Waals surface area contributed by atoms with E-state index in [1.54, 1.807) is 12.4 Å². The summed E-state index contributed by atoms with van der Waals surface area (Å²) in [5.41, 5.74) is 6.16. The van der Waals surface area contributed by atoms with Crippen LogP contribution in [0.15, 0.2) is 30.7 Å². The molecule has 1 fully saturated rings. The molecule has 2 amide bonds.